The molecule has 1 aromatic rings. The van der Waals surface area contributed by atoms with E-state index in [4.69, 9.17) is 0 Å². The van der Waals surface area contributed by atoms with Gasteiger partial charge in [-0.3, -0.25) is 0 Å². The van der Waals surface area contributed by atoms with E-state index >= 15 is 0 Å². The third-order valence-electron chi connectivity index (χ3n) is 2.26. The summed E-state index contributed by atoms with van der Waals surface area (Å²) in [7, 11) is 0. The molecular weight excluding hydrogens is 214 g/mol. The van der Waals surface area contributed by atoms with Gasteiger partial charge in [0.15, 0.2) is 0 Å². The Balaban J connectivity index is 2.18. The van der Waals surface area contributed by atoms with Crippen molar-refractivity contribution in [3.05, 3.63) is 28.7 Å². The largest absolute Gasteiger partial charge is 0.370 e. The lowest BCUT2D eigenvalue weighted by atomic mass is 10.0. The molecule has 0 radical (unpaired) electrons. The second-order valence-electron chi connectivity index (χ2n) is 3.46. The van der Waals surface area contributed by atoms with Crippen molar-refractivity contribution in [3.8, 4) is 0 Å². The Morgan fingerprint density at radius 2 is 2.00 bits per heavy atom. The summed E-state index contributed by atoms with van der Waals surface area (Å²) in [5, 5.41) is 0. The van der Waals surface area contributed by atoms with Crippen molar-refractivity contribution in [1.82, 2.24) is 0 Å². The van der Waals surface area contributed by atoms with Crippen LogP contribution in [0.15, 0.2) is 28.7 Å². The molecule has 0 aliphatic carbocycles. The number of hydrogen-bond donors (Lipinski definition) is 0. The quantitative estimate of drug-likeness (QED) is 0.711. The van der Waals surface area contributed by atoms with Crippen molar-refractivity contribution < 1.29 is 0 Å². The molecule has 2 rings (SSSR count). The van der Waals surface area contributed by atoms with Gasteiger partial charge in [-0.15, -0.1) is 0 Å². The highest BCUT2D eigenvalue weighted by molar-refractivity contribution is 9.10. The van der Waals surface area contributed by atoms with Crippen LogP contribution in [0.25, 0.3) is 0 Å². The van der Waals surface area contributed by atoms with Crippen LogP contribution in [0.5, 0.6) is 0 Å². The normalized spacial score (nSPS) is 17.7. The van der Waals surface area contributed by atoms with Crippen LogP contribution in [-0.2, 0) is 0 Å². The molecule has 1 aliphatic rings. The first-order valence-corrected chi connectivity index (χ1v) is 5.06. The Morgan fingerprint density at radius 3 is 2.58 bits per heavy atom. The van der Waals surface area contributed by atoms with Crippen molar-refractivity contribution >= 4 is 21.6 Å². The van der Waals surface area contributed by atoms with E-state index in [0.717, 1.165) is 5.92 Å². The molecule has 0 saturated carbocycles. The zero-order chi connectivity index (χ0) is 8.55. The average Bonchev–Trinajstić information content (AvgIpc) is 2.01. The topological polar surface area (TPSA) is 3.24 Å². The van der Waals surface area contributed by atoms with Gasteiger partial charge < -0.3 is 4.90 Å². The van der Waals surface area contributed by atoms with Crippen molar-refractivity contribution in [3.63, 3.8) is 0 Å². The predicted octanol–water partition coefficient (Wildman–Crippen LogP) is 2.91. The average molecular weight is 226 g/mol. The third-order valence-corrected chi connectivity index (χ3v) is 2.93. The fraction of sp³-hybridized carbons (Fsp3) is 0.400. The van der Waals surface area contributed by atoms with Gasteiger partial charge in [-0.05, 0) is 34.0 Å². The Morgan fingerprint density at radius 1 is 1.33 bits per heavy atom. The molecule has 1 fully saturated rings. The summed E-state index contributed by atoms with van der Waals surface area (Å²) in [4.78, 5) is 2.40. The van der Waals surface area contributed by atoms with Crippen molar-refractivity contribution in [2.75, 3.05) is 18.0 Å². The van der Waals surface area contributed by atoms with Crippen LogP contribution in [-0.4, -0.2) is 13.1 Å². The molecule has 1 saturated heterocycles. The SMILES string of the molecule is CC1CN(c2ccccc2Br)C1. The highest BCUT2D eigenvalue weighted by Crippen LogP contribution is 2.30. The number of nitrogens with zero attached hydrogens (tertiary/aromatic N) is 1. The molecule has 0 spiro atoms. The van der Waals surface area contributed by atoms with Crippen LogP contribution in [0.3, 0.4) is 0 Å². The van der Waals surface area contributed by atoms with Crippen molar-refractivity contribution in [2.45, 2.75) is 6.92 Å². The monoisotopic (exact) mass is 225 g/mol. The minimum atomic E-state index is 0.858. The van der Waals surface area contributed by atoms with Gasteiger partial charge >= 0.3 is 0 Å². The van der Waals surface area contributed by atoms with E-state index in [-0.39, 0.29) is 0 Å². The summed E-state index contributed by atoms with van der Waals surface area (Å²) in [6.07, 6.45) is 0. The van der Waals surface area contributed by atoms with E-state index < -0.39 is 0 Å². The molecule has 0 atom stereocenters. The Kier molecular flexibility index (Phi) is 2.09. The molecule has 0 amide bonds. The second-order valence-corrected chi connectivity index (χ2v) is 4.32. The first-order valence-electron chi connectivity index (χ1n) is 4.27. The molecule has 0 aromatic heterocycles. The van der Waals surface area contributed by atoms with Gasteiger partial charge in [0.25, 0.3) is 0 Å². The first kappa shape index (κ1) is 8.11. The van der Waals surface area contributed by atoms with E-state index in [1.807, 2.05) is 0 Å². The standard InChI is InChI=1S/C10H12BrN/c1-8-6-12(7-8)10-5-3-2-4-9(10)11/h2-5,8H,6-7H2,1H3. The lowest BCUT2D eigenvalue weighted by molar-refractivity contribution is 0.447. The van der Waals surface area contributed by atoms with Gasteiger partial charge in [0, 0.05) is 17.6 Å². The number of benzene rings is 1. The maximum absolute atomic E-state index is 3.55. The van der Waals surface area contributed by atoms with Crippen LogP contribution in [0.2, 0.25) is 0 Å². The van der Waals surface area contributed by atoms with Crippen LogP contribution in [0, 0.1) is 5.92 Å². The fourth-order valence-electron chi connectivity index (χ4n) is 1.60. The molecule has 64 valence electrons. The first-order chi connectivity index (χ1) is 5.77. The summed E-state index contributed by atoms with van der Waals surface area (Å²) in [6, 6.07) is 8.40. The lowest BCUT2D eigenvalue weighted by Gasteiger charge is -2.39. The molecular formula is C10H12BrN. The third kappa shape index (κ3) is 1.36. The maximum Gasteiger partial charge on any atom is 0.0510 e. The zero-order valence-corrected chi connectivity index (χ0v) is 8.71. The summed E-state index contributed by atoms with van der Waals surface area (Å²) in [6.45, 7) is 4.68. The van der Waals surface area contributed by atoms with Crippen LogP contribution in [0.1, 0.15) is 6.92 Å². The van der Waals surface area contributed by atoms with E-state index in [1.165, 1.54) is 23.2 Å². The molecule has 0 N–H and O–H groups in total. The number of rotatable bonds is 1. The van der Waals surface area contributed by atoms with Gasteiger partial charge in [0.1, 0.15) is 0 Å². The lowest BCUT2D eigenvalue weighted by Crippen LogP contribution is -2.45. The molecule has 0 unspecified atom stereocenters. The molecule has 1 aromatic carbocycles. The summed E-state index contributed by atoms with van der Waals surface area (Å²) in [5.41, 5.74) is 1.33. The summed E-state index contributed by atoms with van der Waals surface area (Å²) in [5.74, 6) is 0.858. The van der Waals surface area contributed by atoms with E-state index in [2.05, 4.69) is 52.0 Å². The van der Waals surface area contributed by atoms with Crippen LogP contribution in [0.4, 0.5) is 5.69 Å². The maximum atomic E-state index is 3.55. The number of hydrogen-bond acceptors (Lipinski definition) is 1. The van der Waals surface area contributed by atoms with E-state index in [1.54, 1.807) is 0 Å². The van der Waals surface area contributed by atoms with Gasteiger partial charge in [-0.1, -0.05) is 19.1 Å². The predicted molar refractivity (Wildman–Crippen MR) is 55.5 cm³/mol. The van der Waals surface area contributed by atoms with Crippen LogP contribution >= 0.6 is 15.9 Å². The molecule has 1 aliphatic heterocycles. The fourth-order valence-corrected chi connectivity index (χ4v) is 2.14. The molecule has 2 heteroatoms. The number of anilines is 1. The van der Waals surface area contributed by atoms with Gasteiger partial charge in [-0.2, -0.15) is 0 Å². The van der Waals surface area contributed by atoms with E-state index in [9.17, 15) is 0 Å². The van der Waals surface area contributed by atoms with E-state index in [0.29, 0.717) is 0 Å². The molecule has 1 heterocycles. The summed E-state index contributed by atoms with van der Waals surface area (Å²) < 4.78 is 1.21. The van der Waals surface area contributed by atoms with Crippen LogP contribution < -0.4 is 4.90 Å². The Bertz CT molecular complexity index is 279. The highest BCUT2D eigenvalue weighted by atomic mass is 79.9. The molecule has 0 bridgehead atoms. The number of halogens is 1. The van der Waals surface area contributed by atoms with Crippen molar-refractivity contribution in [1.29, 1.82) is 0 Å². The summed E-state index contributed by atoms with van der Waals surface area (Å²) >= 11 is 3.55. The zero-order valence-electron chi connectivity index (χ0n) is 7.13. The molecule has 12 heavy (non-hydrogen) atoms. The Labute approximate surface area is 81.5 Å². The number of para-hydroxylation sites is 1. The Hall–Kier alpha value is -0.500. The van der Waals surface area contributed by atoms with Gasteiger partial charge in [0.05, 0.1) is 5.69 Å². The smallest absolute Gasteiger partial charge is 0.0510 e. The molecule has 1 nitrogen and oxygen atoms in total. The minimum absolute atomic E-state index is 0.858. The highest BCUT2D eigenvalue weighted by Gasteiger charge is 2.23. The van der Waals surface area contributed by atoms with Crippen molar-refractivity contribution in [2.24, 2.45) is 5.92 Å². The second kappa shape index (κ2) is 3.09. The van der Waals surface area contributed by atoms with Gasteiger partial charge in [0.2, 0.25) is 0 Å². The van der Waals surface area contributed by atoms with Gasteiger partial charge in [-0.25, -0.2) is 0 Å². The minimum Gasteiger partial charge on any atom is -0.370 e.